The molecule has 2 N–H and O–H groups in total. The Bertz CT molecular complexity index is 1630. The Morgan fingerprint density at radius 2 is 1.81 bits per heavy atom. The number of hydrogen-bond donors (Lipinski definition) is 2. The molecule has 1 aliphatic carbocycles. The molecule has 3 heterocycles. The average Bonchev–Trinajstić information content (AvgIpc) is 3.85. The first-order valence-electron chi connectivity index (χ1n) is 16.5. The number of rotatable bonds is 9. The van der Waals surface area contributed by atoms with Crippen molar-refractivity contribution in [2.45, 2.75) is 84.5 Å². The van der Waals surface area contributed by atoms with Crippen LogP contribution in [-0.4, -0.2) is 84.3 Å². The second kappa shape index (κ2) is 13.6. The molecule has 1 saturated carbocycles. The summed E-state index contributed by atoms with van der Waals surface area (Å²) in [6.07, 6.45) is 3.26. The van der Waals surface area contributed by atoms with Gasteiger partial charge in [0.15, 0.2) is 5.60 Å². The van der Waals surface area contributed by atoms with Crippen LogP contribution in [0.1, 0.15) is 65.9 Å². The van der Waals surface area contributed by atoms with Gasteiger partial charge in [0.05, 0.1) is 17.5 Å². The lowest BCUT2D eigenvalue weighted by Gasteiger charge is -2.40. The standard InChI is InChI=1S/C35H47N5O8/c1-21-13-14-36-30(42)28(21)37-29(41)22-17-23(20-38(19-22)33(45)48-34(2,3)4)31(43)40(24-9-10-24)25-11-12-27-26(18-25)39(15-8-16-46-7)32(44)35(5,6)47-27/h11-14,18,22-24H,8-10,15-17,19-20H2,1-7H3,(H,36,42)(H,37,41)/t22-,23+/m0/s1. The lowest BCUT2D eigenvalue weighted by Crippen LogP contribution is -2.53. The number of likely N-dealkylation sites (tertiary alicyclic amines) is 1. The monoisotopic (exact) mass is 665 g/mol. The van der Waals surface area contributed by atoms with Gasteiger partial charge in [-0.2, -0.15) is 0 Å². The van der Waals surface area contributed by atoms with E-state index in [9.17, 15) is 24.0 Å². The lowest BCUT2D eigenvalue weighted by atomic mass is 9.87. The molecule has 2 fully saturated rings. The van der Waals surface area contributed by atoms with Gasteiger partial charge >= 0.3 is 6.09 Å². The predicted octanol–water partition coefficient (Wildman–Crippen LogP) is 4.23. The highest BCUT2D eigenvalue weighted by molar-refractivity contribution is 6.04. The lowest BCUT2D eigenvalue weighted by molar-refractivity contribution is -0.132. The van der Waals surface area contributed by atoms with Crippen LogP contribution >= 0.6 is 0 Å². The molecule has 1 aromatic carbocycles. The first-order chi connectivity index (χ1) is 22.6. The van der Waals surface area contributed by atoms with Crippen molar-refractivity contribution in [2.24, 2.45) is 11.8 Å². The quantitative estimate of drug-likeness (QED) is 0.378. The molecule has 1 aromatic heterocycles. The van der Waals surface area contributed by atoms with Crippen molar-refractivity contribution < 1.29 is 33.4 Å². The summed E-state index contributed by atoms with van der Waals surface area (Å²) in [4.78, 5) is 74.8. The molecular weight excluding hydrogens is 618 g/mol. The molecule has 1 saturated heterocycles. The van der Waals surface area contributed by atoms with Crippen molar-refractivity contribution in [1.29, 1.82) is 0 Å². The first-order valence-corrected chi connectivity index (χ1v) is 16.5. The summed E-state index contributed by atoms with van der Waals surface area (Å²) >= 11 is 0. The molecule has 260 valence electrons. The van der Waals surface area contributed by atoms with E-state index < -0.39 is 40.6 Å². The Labute approximate surface area is 280 Å². The minimum atomic E-state index is -1.06. The molecule has 2 aromatic rings. The smallest absolute Gasteiger partial charge is 0.410 e. The van der Waals surface area contributed by atoms with E-state index in [2.05, 4.69) is 10.3 Å². The number of ether oxygens (including phenoxy) is 3. The van der Waals surface area contributed by atoms with Gasteiger partial charge in [-0.3, -0.25) is 19.2 Å². The molecule has 5 rings (SSSR count). The third kappa shape index (κ3) is 7.67. The number of piperidine rings is 1. The Kier molecular flexibility index (Phi) is 9.91. The number of aromatic amines is 1. The number of benzene rings is 1. The van der Waals surface area contributed by atoms with E-state index in [4.69, 9.17) is 14.2 Å². The molecule has 13 nitrogen and oxygen atoms in total. The Balaban J connectivity index is 1.45. The van der Waals surface area contributed by atoms with Crippen LogP contribution in [0.4, 0.5) is 21.9 Å². The molecule has 3 aliphatic rings. The number of carbonyl (C=O) groups excluding carboxylic acids is 4. The molecule has 0 unspecified atom stereocenters. The summed E-state index contributed by atoms with van der Waals surface area (Å²) in [6.45, 7) is 11.4. The third-order valence-electron chi connectivity index (χ3n) is 8.76. The zero-order valence-corrected chi connectivity index (χ0v) is 28.9. The highest BCUT2D eigenvalue weighted by Crippen LogP contribution is 2.43. The number of hydrogen-bond acceptors (Lipinski definition) is 8. The Morgan fingerprint density at radius 1 is 1.10 bits per heavy atom. The summed E-state index contributed by atoms with van der Waals surface area (Å²) in [5.41, 5.74) is -0.378. The van der Waals surface area contributed by atoms with E-state index in [-0.39, 0.29) is 43.1 Å². The van der Waals surface area contributed by atoms with Gasteiger partial charge in [0.2, 0.25) is 11.8 Å². The maximum atomic E-state index is 14.5. The molecule has 0 bridgehead atoms. The van der Waals surface area contributed by atoms with Crippen LogP contribution in [0.3, 0.4) is 0 Å². The summed E-state index contributed by atoms with van der Waals surface area (Å²) in [5.74, 6) is -1.85. The van der Waals surface area contributed by atoms with Gasteiger partial charge in [-0.25, -0.2) is 4.79 Å². The number of pyridine rings is 1. The molecule has 2 atom stereocenters. The van der Waals surface area contributed by atoms with Gasteiger partial charge in [0, 0.05) is 51.3 Å². The number of carbonyl (C=O) groups is 4. The van der Waals surface area contributed by atoms with Crippen LogP contribution in [0.15, 0.2) is 35.3 Å². The second-order valence-corrected chi connectivity index (χ2v) is 14.4. The summed E-state index contributed by atoms with van der Waals surface area (Å²) in [6, 6.07) is 7.03. The van der Waals surface area contributed by atoms with E-state index >= 15 is 0 Å². The molecule has 0 radical (unpaired) electrons. The van der Waals surface area contributed by atoms with Gasteiger partial charge in [0.1, 0.15) is 17.0 Å². The average molecular weight is 666 g/mol. The van der Waals surface area contributed by atoms with Gasteiger partial charge in [-0.15, -0.1) is 0 Å². The highest BCUT2D eigenvalue weighted by atomic mass is 16.6. The number of anilines is 3. The zero-order valence-electron chi connectivity index (χ0n) is 28.9. The van der Waals surface area contributed by atoms with Gasteiger partial charge in [0.25, 0.3) is 11.5 Å². The summed E-state index contributed by atoms with van der Waals surface area (Å²) in [5, 5.41) is 2.74. The summed E-state index contributed by atoms with van der Waals surface area (Å²) in [7, 11) is 1.61. The topological polar surface area (TPSA) is 151 Å². The molecular formula is C35H47N5O8. The number of nitrogens with zero attached hydrogens (tertiary/aromatic N) is 3. The van der Waals surface area contributed by atoms with Crippen LogP contribution in [0.2, 0.25) is 0 Å². The molecule has 13 heteroatoms. The number of methoxy groups -OCH3 is 1. The van der Waals surface area contributed by atoms with E-state index in [1.165, 1.54) is 11.1 Å². The van der Waals surface area contributed by atoms with Crippen molar-refractivity contribution in [3.05, 3.63) is 46.4 Å². The molecule has 0 spiro atoms. The van der Waals surface area contributed by atoms with E-state index in [1.807, 2.05) is 12.1 Å². The number of aryl methyl sites for hydroxylation is 1. The minimum absolute atomic E-state index is 0.0300. The highest BCUT2D eigenvalue weighted by Gasteiger charge is 2.45. The van der Waals surface area contributed by atoms with Crippen LogP contribution in [-0.2, 0) is 23.9 Å². The molecule has 48 heavy (non-hydrogen) atoms. The zero-order chi connectivity index (χ0) is 35.0. The van der Waals surface area contributed by atoms with Crippen LogP contribution < -0.4 is 25.4 Å². The van der Waals surface area contributed by atoms with Gasteiger partial charge in [-0.1, -0.05) is 0 Å². The van der Waals surface area contributed by atoms with Crippen LogP contribution in [0.25, 0.3) is 0 Å². The van der Waals surface area contributed by atoms with Gasteiger partial charge in [-0.05, 0) is 97.1 Å². The molecule has 4 amide bonds. The number of aromatic nitrogens is 1. The largest absolute Gasteiger partial charge is 0.476 e. The van der Waals surface area contributed by atoms with E-state index in [0.29, 0.717) is 42.3 Å². The number of H-pyrrole nitrogens is 1. The fraction of sp³-hybridized carbons (Fsp3) is 0.571. The number of fused-ring (bicyclic) bond motifs is 1. The van der Waals surface area contributed by atoms with E-state index in [1.54, 1.807) is 70.6 Å². The predicted molar refractivity (Wildman–Crippen MR) is 180 cm³/mol. The van der Waals surface area contributed by atoms with E-state index in [0.717, 1.165) is 12.8 Å². The fourth-order valence-electron chi connectivity index (χ4n) is 6.24. The normalized spacial score (nSPS) is 20.4. The van der Waals surface area contributed by atoms with Crippen molar-refractivity contribution in [3.8, 4) is 5.75 Å². The maximum Gasteiger partial charge on any atom is 0.410 e. The SMILES string of the molecule is COCCCN1C(=O)C(C)(C)Oc2ccc(N(C(=O)[C@@H]3C[C@H](C(=O)Nc4c(C)cc[nH]c4=O)CN(C(=O)OC(C)(C)C)C3)C3CC3)cc21. The van der Waals surface area contributed by atoms with Crippen LogP contribution in [0.5, 0.6) is 5.75 Å². The third-order valence-corrected chi connectivity index (χ3v) is 8.76. The fourth-order valence-corrected chi connectivity index (χ4v) is 6.24. The first kappa shape index (κ1) is 34.9. The summed E-state index contributed by atoms with van der Waals surface area (Å²) < 4.78 is 17.0. The number of nitrogens with one attached hydrogen (secondary N) is 2. The van der Waals surface area contributed by atoms with Crippen molar-refractivity contribution >= 4 is 40.9 Å². The minimum Gasteiger partial charge on any atom is -0.476 e. The maximum absolute atomic E-state index is 14.5. The van der Waals surface area contributed by atoms with Crippen molar-refractivity contribution in [1.82, 2.24) is 9.88 Å². The van der Waals surface area contributed by atoms with Gasteiger partial charge < -0.3 is 39.2 Å². The number of amides is 4. The Morgan fingerprint density at radius 3 is 2.46 bits per heavy atom. The van der Waals surface area contributed by atoms with Crippen molar-refractivity contribution in [2.75, 3.05) is 48.5 Å². The second-order valence-electron chi connectivity index (χ2n) is 14.4. The molecule has 2 aliphatic heterocycles. The van der Waals surface area contributed by atoms with Crippen molar-refractivity contribution in [3.63, 3.8) is 0 Å². The van der Waals surface area contributed by atoms with Crippen LogP contribution in [0, 0.1) is 18.8 Å². The Hall–Kier alpha value is -4.39.